The first-order chi connectivity index (χ1) is 36.2. The van der Waals surface area contributed by atoms with Crippen molar-refractivity contribution in [2.24, 2.45) is 17.3 Å². The smallest absolute Gasteiger partial charge is 0.405 e. The Morgan fingerprint density at radius 2 is 1.07 bits per heavy atom. The number of H-pyrrole nitrogens is 2. The van der Waals surface area contributed by atoms with E-state index < -0.39 is 35.9 Å². The molecule has 75 heavy (non-hydrogen) atoms. The number of fused-ring (bicyclic) bond motifs is 2. The van der Waals surface area contributed by atoms with E-state index in [4.69, 9.17) is 19.4 Å². The van der Waals surface area contributed by atoms with Crippen LogP contribution in [0.25, 0.3) is 22.1 Å². The van der Waals surface area contributed by atoms with Crippen LogP contribution in [0.5, 0.6) is 0 Å². The highest BCUT2D eigenvalue weighted by Crippen LogP contribution is 2.49. The van der Waals surface area contributed by atoms with Crippen molar-refractivity contribution in [1.82, 2.24) is 40.4 Å². The molecule has 0 aliphatic carbocycles. The van der Waals surface area contributed by atoms with E-state index in [1.54, 1.807) is 9.80 Å². The zero-order valence-corrected chi connectivity index (χ0v) is 42.7. The van der Waals surface area contributed by atoms with Crippen molar-refractivity contribution in [1.29, 1.82) is 0 Å². The Bertz CT molecular complexity index is 2770. The van der Waals surface area contributed by atoms with Gasteiger partial charge in [0.05, 0.1) is 46.2 Å². The highest BCUT2D eigenvalue weighted by atomic mass is 19.1. The van der Waals surface area contributed by atoms with Crippen LogP contribution in [0.1, 0.15) is 138 Å². The Morgan fingerprint density at radius 3 is 1.49 bits per heavy atom. The lowest BCUT2D eigenvalue weighted by molar-refractivity contribution is -0.137. The standard InChI is InChI=1S/C55H68F2N10O8/c1-55(2)17-21-64(22-18-55)48-36(56)29-35(30-37(48)57)67-42(33-7-9-38-40(27-33)60-49(58-38)44-5-3-19-65(44)51(68)46(62-53(70)71)31-13-23-74-24-14-31)11-12-43(67)34-8-10-39-41(28-34)61-50(59-39)45-6-4-20-66(45)52(69)47(63-54(72)73)32-15-25-75-26-16-32/h7-10,27-32,42-47,62-63H,3-6,11-26H2,1-2H3,(H,58,60)(H,59,61)(H,70,71)(H,72,73)/t42-,43?,44?,45?,46-,47?/m0/s1. The number of aromatic amines is 2. The number of carbonyl (C=O) groups is 4. The van der Waals surface area contributed by atoms with Crippen LogP contribution < -0.4 is 20.4 Å². The van der Waals surface area contributed by atoms with Gasteiger partial charge in [-0.25, -0.2) is 28.3 Å². The van der Waals surface area contributed by atoms with Gasteiger partial charge in [-0.2, -0.15) is 0 Å². The molecule has 6 fully saturated rings. The number of rotatable bonds is 12. The van der Waals surface area contributed by atoms with Crippen LogP contribution in [0.15, 0.2) is 48.5 Å². The van der Waals surface area contributed by atoms with Gasteiger partial charge in [0.25, 0.3) is 0 Å². The number of hydrogen-bond acceptors (Lipinski definition) is 10. The maximum Gasteiger partial charge on any atom is 0.405 e. The summed E-state index contributed by atoms with van der Waals surface area (Å²) in [6.07, 6.45) is 5.59. The van der Waals surface area contributed by atoms with Crippen molar-refractivity contribution in [2.75, 3.05) is 62.4 Å². The van der Waals surface area contributed by atoms with Crippen LogP contribution in [-0.4, -0.2) is 129 Å². The monoisotopic (exact) mass is 1030 g/mol. The number of likely N-dealkylation sites (tertiary alicyclic amines) is 2. The third kappa shape index (κ3) is 10.2. The van der Waals surface area contributed by atoms with E-state index >= 15 is 8.78 Å². The predicted octanol–water partition coefficient (Wildman–Crippen LogP) is 8.88. The summed E-state index contributed by atoms with van der Waals surface area (Å²) in [4.78, 5) is 76.7. The number of aromatic nitrogens is 4. The van der Waals surface area contributed by atoms with Gasteiger partial charge in [0.1, 0.15) is 29.4 Å². The number of ether oxygens (including phenoxy) is 2. The Hall–Kier alpha value is -6.54. The maximum atomic E-state index is 16.7. The molecule has 18 nitrogen and oxygen atoms in total. The van der Waals surface area contributed by atoms with E-state index in [1.807, 2.05) is 41.3 Å². The maximum absolute atomic E-state index is 16.7. The molecule has 6 saturated heterocycles. The molecule has 20 heteroatoms. The third-order valence-corrected chi connectivity index (χ3v) is 17.2. The number of anilines is 2. The summed E-state index contributed by atoms with van der Waals surface area (Å²) in [6, 6.07) is 11.7. The van der Waals surface area contributed by atoms with Crippen molar-refractivity contribution in [3.8, 4) is 0 Å². The number of imidazole rings is 2. The Kier molecular flexibility index (Phi) is 14.1. The zero-order chi connectivity index (χ0) is 52.1. The van der Waals surface area contributed by atoms with Crippen molar-refractivity contribution < 1.29 is 47.6 Å². The molecule has 0 spiro atoms. The van der Waals surface area contributed by atoms with E-state index in [0.717, 1.165) is 47.8 Å². The Balaban J connectivity index is 0.901. The highest BCUT2D eigenvalue weighted by molar-refractivity contribution is 5.87. The first kappa shape index (κ1) is 50.6. The van der Waals surface area contributed by atoms with Crippen molar-refractivity contribution in [2.45, 2.75) is 127 Å². The fourth-order valence-corrected chi connectivity index (χ4v) is 13.1. The molecule has 5 aromatic rings. The van der Waals surface area contributed by atoms with Gasteiger partial charge in [0.2, 0.25) is 11.8 Å². The van der Waals surface area contributed by atoms with Crippen molar-refractivity contribution in [3.63, 3.8) is 0 Å². The molecule has 2 aromatic heterocycles. The lowest BCUT2D eigenvalue weighted by Gasteiger charge is -2.39. The van der Waals surface area contributed by atoms with Crippen LogP contribution in [-0.2, 0) is 19.1 Å². The molecule has 4 amide bonds. The number of nitrogens with one attached hydrogen (secondary N) is 4. The summed E-state index contributed by atoms with van der Waals surface area (Å²) >= 11 is 0. The number of hydrogen-bond donors (Lipinski definition) is 6. The summed E-state index contributed by atoms with van der Waals surface area (Å²) in [5.74, 6) is -0.883. The fourth-order valence-electron chi connectivity index (χ4n) is 13.1. The van der Waals surface area contributed by atoms with Crippen LogP contribution in [0.4, 0.5) is 29.7 Å². The second-order valence-electron chi connectivity index (χ2n) is 22.4. The van der Waals surface area contributed by atoms with Gasteiger partial charge >= 0.3 is 12.2 Å². The number of benzene rings is 3. The lowest BCUT2D eigenvalue weighted by Crippen LogP contribution is -2.52. The number of amides is 4. The molecule has 0 bridgehead atoms. The molecule has 0 saturated carbocycles. The molecule has 8 heterocycles. The second kappa shape index (κ2) is 20.9. The minimum absolute atomic E-state index is 0.00567. The first-order valence-electron chi connectivity index (χ1n) is 27.0. The lowest BCUT2D eigenvalue weighted by atomic mass is 9.82. The van der Waals surface area contributed by atoms with Gasteiger partial charge in [-0.3, -0.25) is 9.59 Å². The molecule has 0 radical (unpaired) electrons. The molecule has 3 aromatic carbocycles. The molecular formula is C55H68F2N10O8. The van der Waals surface area contributed by atoms with Crippen LogP contribution in [0.3, 0.4) is 0 Å². The highest BCUT2D eigenvalue weighted by Gasteiger charge is 2.43. The number of carbonyl (C=O) groups excluding carboxylic acids is 2. The van der Waals surface area contributed by atoms with Gasteiger partial charge in [0.15, 0.2) is 11.6 Å². The average Bonchev–Trinajstić information content (AvgIpc) is 4.27. The average molecular weight is 1040 g/mol. The van der Waals surface area contributed by atoms with Gasteiger partial charge in [-0.1, -0.05) is 26.0 Å². The zero-order valence-electron chi connectivity index (χ0n) is 42.7. The summed E-state index contributed by atoms with van der Waals surface area (Å²) in [5.41, 5.74) is 5.23. The molecule has 6 atom stereocenters. The van der Waals surface area contributed by atoms with Gasteiger partial charge in [-0.05, 0) is 142 Å². The molecule has 11 rings (SSSR count). The number of piperidine rings is 1. The van der Waals surface area contributed by atoms with Crippen LogP contribution in [0, 0.1) is 28.9 Å². The quantitative estimate of drug-likeness (QED) is 0.0690. The van der Waals surface area contributed by atoms with Crippen molar-refractivity contribution >= 4 is 57.4 Å². The Morgan fingerprint density at radius 1 is 0.627 bits per heavy atom. The van der Waals surface area contributed by atoms with Crippen LogP contribution in [0.2, 0.25) is 0 Å². The summed E-state index contributed by atoms with van der Waals surface area (Å²) < 4.78 is 44.4. The first-order valence-corrected chi connectivity index (χ1v) is 27.0. The fraction of sp³-hybridized carbons (Fsp3) is 0.564. The summed E-state index contributed by atoms with van der Waals surface area (Å²) in [5, 5.41) is 24.5. The van der Waals surface area contributed by atoms with E-state index in [0.29, 0.717) is 132 Å². The van der Waals surface area contributed by atoms with Gasteiger partial charge in [-0.15, -0.1) is 0 Å². The number of halogens is 2. The predicted molar refractivity (Wildman–Crippen MR) is 275 cm³/mol. The summed E-state index contributed by atoms with van der Waals surface area (Å²) in [7, 11) is 0. The molecule has 6 N–H and O–H groups in total. The minimum Gasteiger partial charge on any atom is -0.465 e. The Labute approximate surface area is 433 Å². The van der Waals surface area contributed by atoms with Gasteiger partial charge in [0, 0.05) is 58.3 Å². The normalized spacial score (nSPS) is 24.5. The summed E-state index contributed by atoms with van der Waals surface area (Å²) in [6.45, 7) is 8.30. The largest absolute Gasteiger partial charge is 0.465 e. The third-order valence-electron chi connectivity index (χ3n) is 17.2. The SMILES string of the molecule is CC1(C)CCN(c2c(F)cc(N3C(c4ccc5nc(C6CCCN6C(=O)C(NC(=O)O)C6CCOCC6)[nH]c5c4)CC[C@H]3c3ccc4nc(C5CCCN5C(=O)[C@@H](NC(=O)O)C5CCOCC5)[nH]c4c3)cc2F)CC1. The van der Waals surface area contributed by atoms with Gasteiger partial charge < -0.3 is 59.9 Å². The second-order valence-corrected chi connectivity index (χ2v) is 22.4. The van der Waals surface area contributed by atoms with E-state index in [9.17, 15) is 29.4 Å². The molecule has 6 aliphatic rings. The van der Waals surface area contributed by atoms with Crippen LogP contribution >= 0.6 is 0 Å². The molecule has 400 valence electrons. The number of carboxylic acid groups (broad SMARTS) is 2. The van der Waals surface area contributed by atoms with E-state index in [-0.39, 0.29) is 58.9 Å². The van der Waals surface area contributed by atoms with E-state index in [1.165, 1.54) is 12.1 Å². The topological polar surface area (TPSA) is 222 Å². The number of nitrogens with zero attached hydrogens (tertiary/aromatic N) is 6. The molecule has 4 unspecified atom stereocenters. The van der Waals surface area contributed by atoms with Crippen molar-refractivity contribution in [3.05, 3.63) is 82.9 Å². The minimum atomic E-state index is -1.24. The molecule has 6 aliphatic heterocycles. The van der Waals surface area contributed by atoms with E-state index in [2.05, 4.69) is 39.3 Å². The molecular weight excluding hydrogens is 967 g/mol.